The fourth-order valence-electron chi connectivity index (χ4n) is 1.73. The second kappa shape index (κ2) is 7.69. The van der Waals surface area contributed by atoms with Crippen LogP contribution in [0.3, 0.4) is 0 Å². The summed E-state index contributed by atoms with van der Waals surface area (Å²) in [6.45, 7) is 0.214. The minimum atomic E-state index is -0.202. The molecule has 1 nitrogen and oxygen atoms in total. The predicted octanol–water partition coefficient (Wildman–Crippen LogP) is 3.12. The van der Waals surface area contributed by atoms with Crippen molar-refractivity contribution in [1.29, 1.82) is 0 Å². The molecule has 16 heavy (non-hydrogen) atoms. The van der Waals surface area contributed by atoms with Crippen molar-refractivity contribution in [3.63, 3.8) is 0 Å². The molecule has 90 valence electrons. The van der Waals surface area contributed by atoms with E-state index in [-0.39, 0.29) is 12.4 Å². The van der Waals surface area contributed by atoms with E-state index >= 15 is 0 Å². The summed E-state index contributed by atoms with van der Waals surface area (Å²) in [5, 5.41) is 9.26. The Bertz CT molecular complexity index is 286. The van der Waals surface area contributed by atoms with Gasteiger partial charge in [-0.2, -0.15) is 11.8 Å². The van der Waals surface area contributed by atoms with Crippen molar-refractivity contribution < 1.29 is 9.50 Å². The first kappa shape index (κ1) is 13.5. The van der Waals surface area contributed by atoms with Gasteiger partial charge < -0.3 is 5.11 Å². The summed E-state index contributed by atoms with van der Waals surface area (Å²) in [5.74, 6) is 1.24. The molecule has 0 aromatic heterocycles. The first-order valence-corrected chi connectivity index (χ1v) is 7.00. The van der Waals surface area contributed by atoms with E-state index in [2.05, 4.69) is 6.26 Å². The van der Waals surface area contributed by atoms with Crippen molar-refractivity contribution in [2.24, 2.45) is 5.92 Å². The maximum atomic E-state index is 12.7. The Morgan fingerprint density at radius 1 is 1.31 bits per heavy atom. The molecular weight excluding hydrogens is 223 g/mol. The monoisotopic (exact) mass is 242 g/mol. The van der Waals surface area contributed by atoms with Crippen LogP contribution in [0, 0.1) is 11.7 Å². The Morgan fingerprint density at radius 2 is 2.00 bits per heavy atom. The van der Waals surface area contributed by atoms with Gasteiger partial charge in [0.15, 0.2) is 0 Å². The fraction of sp³-hybridized carbons (Fsp3) is 0.538. The van der Waals surface area contributed by atoms with E-state index in [9.17, 15) is 9.50 Å². The Morgan fingerprint density at radius 3 is 2.56 bits per heavy atom. The maximum Gasteiger partial charge on any atom is 0.123 e. The molecule has 1 N–H and O–H groups in total. The van der Waals surface area contributed by atoms with Crippen LogP contribution in [0.4, 0.5) is 4.39 Å². The number of hydrogen-bond donors (Lipinski definition) is 1. The molecular formula is C13H19FOS. The number of hydrogen-bond acceptors (Lipinski definition) is 2. The zero-order chi connectivity index (χ0) is 11.8. The SMILES string of the molecule is CSCCCC(CO)Cc1ccc(F)cc1. The number of rotatable bonds is 7. The lowest BCUT2D eigenvalue weighted by Crippen LogP contribution is -2.10. The summed E-state index contributed by atoms with van der Waals surface area (Å²) < 4.78 is 12.7. The number of aliphatic hydroxyl groups excluding tert-OH is 1. The topological polar surface area (TPSA) is 20.2 Å². The second-order valence-electron chi connectivity index (χ2n) is 4.01. The Hall–Kier alpha value is -0.540. The van der Waals surface area contributed by atoms with Crippen molar-refractivity contribution in [3.05, 3.63) is 35.6 Å². The lowest BCUT2D eigenvalue weighted by atomic mass is 9.96. The molecule has 1 aromatic rings. The van der Waals surface area contributed by atoms with E-state index in [1.54, 1.807) is 12.1 Å². The van der Waals surface area contributed by atoms with Gasteiger partial charge in [-0.3, -0.25) is 0 Å². The maximum absolute atomic E-state index is 12.7. The van der Waals surface area contributed by atoms with Gasteiger partial charge in [-0.25, -0.2) is 4.39 Å². The lowest BCUT2D eigenvalue weighted by Gasteiger charge is -2.13. The molecule has 1 atom stereocenters. The van der Waals surface area contributed by atoms with Crippen LogP contribution in [0.1, 0.15) is 18.4 Å². The summed E-state index contributed by atoms with van der Waals surface area (Å²) in [7, 11) is 0. The van der Waals surface area contributed by atoms with Crippen molar-refractivity contribution >= 4 is 11.8 Å². The highest BCUT2D eigenvalue weighted by atomic mass is 32.2. The minimum absolute atomic E-state index is 0.202. The standard InChI is InChI=1S/C13H19FOS/c1-16-8-2-3-12(10-15)9-11-4-6-13(14)7-5-11/h4-7,12,15H,2-3,8-10H2,1H3. The molecule has 1 unspecified atom stereocenters. The van der Waals surface area contributed by atoms with Gasteiger partial charge in [-0.15, -0.1) is 0 Å². The van der Waals surface area contributed by atoms with Crippen LogP contribution in [0.25, 0.3) is 0 Å². The lowest BCUT2D eigenvalue weighted by molar-refractivity contribution is 0.217. The molecule has 1 aromatic carbocycles. The molecule has 1 rings (SSSR count). The Labute approximate surface area is 101 Å². The van der Waals surface area contributed by atoms with Crippen LogP contribution >= 0.6 is 11.8 Å². The van der Waals surface area contributed by atoms with Gasteiger partial charge in [0, 0.05) is 6.61 Å². The average Bonchev–Trinajstić information content (AvgIpc) is 2.31. The van der Waals surface area contributed by atoms with Gasteiger partial charge >= 0.3 is 0 Å². The number of halogens is 1. The van der Waals surface area contributed by atoms with E-state index < -0.39 is 0 Å². The smallest absolute Gasteiger partial charge is 0.123 e. The molecule has 0 radical (unpaired) electrons. The highest BCUT2D eigenvalue weighted by molar-refractivity contribution is 7.98. The van der Waals surface area contributed by atoms with Gasteiger partial charge in [0.2, 0.25) is 0 Å². The molecule has 0 spiro atoms. The Kier molecular flexibility index (Phi) is 6.50. The van der Waals surface area contributed by atoms with Crippen LogP contribution in [-0.4, -0.2) is 23.7 Å². The number of aliphatic hydroxyl groups is 1. The quantitative estimate of drug-likeness (QED) is 0.741. The van der Waals surface area contributed by atoms with Crippen LogP contribution in [0.5, 0.6) is 0 Å². The molecule has 0 aliphatic rings. The summed E-state index contributed by atoms with van der Waals surface area (Å²) >= 11 is 1.83. The molecule has 0 saturated heterocycles. The van der Waals surface area contributed by atoms with Crippen LogP contribution < -0.4 is 0 Å². The van der Waals surface area contributed by atoms with Crippen molar-refractivity contribution in [2.45, 2.75) is 19.3 Å². The zero-order valence-corrected chi connectivity index (χ0v) is 10.5. The number of benzene rings is 1. The molecule has 0 bridgehead atoms. The van der Waals surface area contributed by atoms with E-state index in [0.717, 1.165) is 30.6 Å². The fourth-order valence-corrected chi connectivity index (χ4v) is 2.18. The first-order chi connectivity index (χ1) is 7.76. The number of thioether (sulfide) groups is 1. The van der Waals surface area contributed by atoms with Gasteiger partial charge in [0.25, 0.3) is 0 Å². The highest BCUT2D eigenvalue weighted by Crippen LogP contribution is 2.15. The van der Waals surface area contributed by atoms with Crippen LogP contribution in [0.2, 0.25) is 0 Å². The van der Waals surface area contributed by atoms with Crippen molar-refractivity contribution in [1.82, 2.24) is 0 Å². The third-order valence-electron chi connectivity index (χ3n) is 2.66. The van der Waals surface area contributed by atoms with Crippen molar-refractivity contribution in [2.75, 3.05) is 18.6 Å². The van der Waals surface area contributed by atoms with Crippen LogP contribution in [0.15, 0.2) is 24.3 Å². The highest BCUT2D eigenvalue weighted by Gasteiger charge is 2.08. The molecule has 0 amide bonds. The largest absolute Gasteiger partial charge is 0.396 e. The summed E-state index contributed by atoms with van der Waals surface area (Å²) in [5.41, 5.74) is 1.10. The van der Waals surface area contributed by atoms with Gasteiger partial charge in [-0.1, -0.05) is 12.1 Å². The normalized spacial score (nSPS) is 12.7. The molecule has 0 aliphatic heterocycles. The summed E-state index contributed by atoms with van der Waals surface area (Å²) in [6, 6.07) is 6.55. The molecule has 0 heterocycles. The van der Waals surface area contributed by atoms with E-state index in [0.29, 0.717) is 5.92 Å². The van der Waals surface area contributed by atoms with Gasteiger partial charge in [0.05, 0.1) is 0 Å². The third kappa shape index (κ3) is 4.99. The Balaban J connectivity index is 2.40. The third-order valence-corrected chi connectivity index (χ3v) is 3.35. The van der Waals surface area contributed by atoms with Gasteiger partial charge in [0.1, 0.15) is 5.82 Å². The molecule has 0 aliphatic carbocycles. The van der Waals surface area contributed by atoms with E-state index in [1.165, 1.54) is 12.1 Å². The molecule has 3 heteroatoms. The van der Waals surface area contributed by atoms with Crippen LogP contribution in [-0.2, 0) is 6.42 Å². The van der Waals surface area contributed by atoms with E-state index in [4.69, 9.17) is 0 Å². The molecule has 0 saturated carbocycles. The van der Waals surface area contributed by atoms with Gasteiger partial charge in [-0.05, 0) is 54.9 Å². The first-order valence-electron chi connectivity index (χ1n) is 5.60. The molecule has 0 fully saturated rings. The zero-order valence-electron chi connectivity index (χ0n) is 9.66. The predicted molar refractivity (Wildman–Crippen MR) is 68.3 cm³/mol. The second-order valence-corrected chi connectivity index (χ2v) is 5.00. The minimum Gasteiger partial charge on any atom is -0.396 e. The van der Waals surface area contributed by atoms with E-state index in [1.807, 2.05) is 11.8 Å². The summed E-state index contributed by atoms with van der Waals surface area (Å²) in [4.78, 5) is 0. The van der Waals surface area contributed by atoms with Crippen molar-refractivity contribution in [3.8, 4) is 0 Å². The average molecular weight is 242 g/mol. The summed E-state index contributed by atoms with van der Waals surface area (Å²) in [6.07, 6.45) is 5.10.